The van der Waals surface area contributed by atoms with E-state index in [1.54, 1.807) is 0 Å². The molecule has 4 nitrogen and oxygen atoms in total. The van der Waals surface area contributed by atoms with Crippen molar-refractivity contribution >= 4 is 11.1 Å². The molecule has 0 aliphatic rings. The largest absolute Gasteiger partial charge is 0.330 e. The number of benzene rings is 2. The molecule has 154 valence electrons. The highest BCUT2D eigenvalue weighted by molar-refractivity contribution is 7.79. The molecule has 0 aliphatic heterocycles. The fourth-order valence-corrected chi connectivity index (χ4v) is 4.30. The predicted octanol–water partition coefficient (Wildman–Crippen LogP) is 5.68. The Bertz CT molecular complexity index is 1000. The maximum absolute atomic E-state index is 12.2. The number of hydrogen-bond acceptors (Lipinski definition) is 2. The molecule has 0 aliphatic carbocycles. The van der Waals surface area contributed by atoms with Crippen LogP contribution in [0, 0.1) is 5.92 Å². The van der Waals surface area contributed by atoms with Crippen molar-refractivity contribution in [2.45, 2.75) is 57.9 Å². The van der Waals surface area contributed by atoms with Crippen LogP contribution >= 0.6 is 0 Å². The van der Waals surface area contributed by atoms with Crippen LogP contribution < -0.4 is 0 Å². The van der Waals surface area contributed by atoms with Crippen molar-refractivity contribution in [3.63, 3.8) is 0 Å². The third-order valence-corrected chi connectivity index (χ3v) is 5.64. The maximum Gasteiger partial charge on any atom is 0.187 e. The summed E-state index contributed by atoms with van der Waals surface area (Å²) in [4.78, 5) is 5.01. The second-order valence-corrected chi connectivity index (χ2v) is 9.90. The Morgan fingerprint density at radius 2 is 1.79 bits per heavy atom. The van der Waals surface area contributed by atoms with Gasteiger partial charge in [-0.3, -0.25) is 0 Å². The van der Waals surface area contributed by atoms with Gasteiger partial charge in [-0.1, -0.05) is 65.0 Å². The third kappa shape index (κ3) is 5.03. The van der Waals surface area contributed by atoms with Gasteiger partial charge in [0.2, 0.25) is 0 Å². The first kappa shape index (κ1) is 21.5. The molecule has 1 heterocycles. The van der Waals surface area contributed by atoms with Crippen molar-refractivity contribution < 1.29 is 8.76 Å². The van der Waals surface area contributed by atoms with Crippen LogP contribution in [0.4, 0.5) is 0 Å². The fraction of sp³-hybridized carbons (Fsp3) is 0.375. The van der Waals surface area contributed by atoms with Crippen LogP contribution in [0.3, 0.4) is 0 Å². The number of imidazole rings is 1. The van der Waals surface area contributed by atoms with E-state index in [1.165, 1.54) is 5.56 Å². The summed E-state index contributed by atoms with van der Waals surface area (Å²) < 4.78 is 24.4. The highest BCUT2D eigenvalue weighted by Gasteiger charge is 2.21. The summed E-state index contributed by atoms with van der Waals surface area (Å²) >= 11 is -2.07. The minimum atomic E-state index is -2.07. The Balaban J connectivity index is 2.15. The van der Waals surface area contributed by atoms with Crippen molar-refractivity contribution in [1.29, 1.82) is 0 Å². The monoisotopic (exact) mass is 410 g/mol. The Kier molecular flexibility index (Phi) is 6.39. The van der Waals surface area contributed by atoms with Crippen molar-refractivity contribution in [2.24, 2.45) is 5.92 Å². The highest BCUT2D eigenvalue weighted by atomic mass is 32.2. The predicted molar refractivity (Wildman–Crippen MR) is 119 cm³/mol. The smallest absolute Gasteiger partial charge is 0.187 e. The van der Waals surface area contributed by atoms with Gasteiger partial charge in [-0.15, -0.1) is 0 Å². The summed E-state index contributed by atoms with van der Waals surface area (Å²) in [5.74, 6) is 1.49. The summed E-state index contributed by atoms with van der Waals surface area (Å²) in [7, 11) is 0. The van der Waals surface area contributed by atoms with Gasteiger partial charge in [0.25, 0.3) is 0 Å². The molecule has 0 bridgehead atoms. The third-order valence-electron chi connectivity index (χ3n) is 4.93. The summed E-state index contributed by atoms with van der Waals surface area (Å²) in [5, 5.41) is 0. The van der Waals surface area contributed by atoms with Crippen LogP contribution in [0.25, 0.3) is 11.1 Å². The van der Waals surface area contributed by atoms with Gasteiger partial charge in [0.1, 0.15) is 5.82 Å². The second kappa shape index (κ2) is 8.64. The van der Waals surface area contributed by atoms with Crippen molar-refractivity contribution in [2.75, 3.05) is 0 Å². The first-order valence-electron chi connectivity index (χ1n) is 10.0. The average Bonchev–Trinajstić information content (AvgIpc) is 3.11. The van der Waals surface area contributed by atoms with Gasteiger partial charge in [-0.05, 0) is 41.2 Å². The molecule has 0 amide bonds. The molecule has 0 spiro atoms. The molecule has 0 radical (unpaired) electrons. The van der Waals surface area contributed by atoms with Crippen LogP contribution in [0.2, 0.25) is 0 Å². The zero-order valence-electron chi connectivity index (χ0n) is 17.8. The Hall–Kier alpha value is -2.24. The topological polar surface area (TPSA) is 55.1 Å². The van der Waals surface area contributed by atoms with E-state index >= 15 is 0 Å². The zero-order valence-corrected chi connectivity index (χ0v) is 18.7. The van der Waals surface area contributed by atoms with Gasteiger partial charge >= 0.3 is 0 Å². The fourth-order valence-electron chi connectivity index (χ4n) is 3.70. The number of nitrogens with zero attached hydrogens (tertiary/aromatic N) is 2. The summed E-state index contributed by atoms with van der Waals surface area (Å²) in [6.07, 6.45) is 4.72. The molecule has 3 aromatic rings. The van der Waals surface area contributed by atoms with E-state index in [1.807, 2.05) is 48.8 Å². The highest BCUT2D eigenvalue weighted by Crippen LogP contribution is 2.31. The molecule has 1 N–H and O–H groups in total. The van der Waals surface area contributed by atoms with E-state index in [-0.39, 0.29) is 5.41 Å². The quantitative estimate of drug-likeness (QED) is 0.532. The van der Waals surface area contributed by atoms with E-state index < -0.39 is 11.1 Å². The molecule has 0 saturated carbocycles. The Morgan fingerprint density at radius 3 is 2.38 bits per heavy atom. The van der Waals surface area contributed by atoms with Gasteiger partial charge in [-0.2, -0.15) is 0 Å². The minimum absolute atomic E-state index is 0.0751. The summed E-state index contributed by atoms with van der Waals surface area (Å²) in [6.45, 7) is 11.5. The van der Waals surface area contributed by atoms with E-state index in [2.05, 4.69) is 50.2 Å². The van der Waals surface area contributed by atoms with Gasteiger partial charge in [0.15, 0.2) is 11.1 Å². The zero-order chi connectivity index (χ0) is 21.2. The van der Waals surface area contributed by atoms with Crippen molar-refractivity contribution in [3.05, 3.63) is 71.8 Å². The minimum Gasteiger partial charge on any atom is -0.330 e. The standard InChI is InChI=1S/C24H30N2O2S/c1-17(2)13-19-14-21(18-9-7-6-8-10-18)22(29(27)28)15-20(19)16-26-12-11-25-23(26)24(3,4)5/h6-12,14-15,17H,13,16H2,1-5H3,(H,27,28). The molecule has 1 aromatic heterocycles. The van der Waals surface area contributed by atoms with Crippen molar-refractivity contribution in [3.8, 4) is 11.1 Å². The SMILES string of the molecule is CC(C)Cc1cc(-c2ccccc2)c(S(=O)O)cc1Cn1ccnc1C(C)(C)C. The molecule has 29 heavy (non-hydrogen) atoms. The molecule has 0 saturated heterocycles. The van der Waals surface area contributed by atoms with Crippen LogP contribution in [0.15, 0.2) is 59.8 Å². The Labute approximate surface area is 176 Å². The van der Waals surface area contributed by atoms with Gasteiger partial charge < -0.3 is 9.12 Å². The second-order valence-electron chi connectivity index (χ2n) is 8.96. The lowest BCUT2D eigenvalue weighted by Gasteiger charge is -2.22. The normalized spacial score (nSPS) is 13.1. The van der Waals surface area contributed by atoms with Gasteiger partial charge in [-0.25, -0.2) is 9.19 Å². The average molecular weight is 411 g/mol. The number of aromatic nitrogens is 2. The molecule has 2 aromatic carbocycles. The van der Waals surface area contributed by atoms with Crippen LogP contribution in [0.1, 0.15) is 51.6 Å². The lowest BCUT2D eigenvalue weighted by atomic mass is 9.92. The van der Waals surface area contributed by atoms with Crippen LogP contribution in [0.5, 0.6) is 0 Å². The summed E-state index contributed by atoms with van der Waals surface area (Å²) in [5.41, 5.74) is 3.99. The summed E-state index contributed by atoms with van der Waals surface area (Å²) in [6, 6.07) is 13.8. The first-order chi connectivity index (χ1) is 13.7. The van der Waals surface area contributed by atoms with Gasteiger partial charge in [0.05, 0.1) is 4.90 Å². The molecule has 0 fully saturated rings. The van der Waals surface area contributed by atoms with E-state index in [4.69, 9.17) is 0 Å². The molecule has 5 heteroatoms. The lowest BCUT2D eigenvalue weighted by Crippen LogP contribution is -2.20. The van der Waals surface area contributed by atoms with Crippen LogP contribution in [-0.2, 0) is 29.5 Å². The maximum atomic E-state index is 12.2. The Morgan fingerprint density at radius 1 is 1.10 bits per heavy atom. The van der Waals surface area contributed by atoms with E-state index in [0.29, 0.717) is 17.4 Å². The number of rotatable bonds is 6. The van der Waals surface area contributed by atoms with E-state index in [0.717, 1.165) is 28.9 Å². The number of hydrogen-bond donors (Lipinski definition) is 1. The molecular formula is C24H30N2O2S. The lowest BCUT2D eigenvalue weighted by molar-refractivity contribution is 0.510. The molecular weight excluding hydrogens is 380 g/mol. The van der Waals surface area contributed by atoms with E-state index in [9.17, 15) is 8.76 Å². The molecule has 1 unspecified atom stereocenters. The molecule has 1 atom stereocenters. The van der Waals surface area contributed by atoms with Crippen molar-refractivity contribution in [1.82, 2.24) is 9.55 Å². The molecule has 3 rings (SSSR count). The van der Waals surface area contributed by atoms with Gasteiger partial charge in [0, 0.05) is 29.9 Å². The first-order valence-corrected chi connectivity index (χ1v) is 11.1. The van der Waals surface area contributed by atoms with Crippen LogP contribution in [-0.4, -0.2) is 18.3 Å².